The summed E-state index contributed by atoms with van der Waals surface area (Å²) in [5.41, 5.74) is 8.28. The first-order valence-corrected chi connectivity index (χ1v) is 6.43. The number of thioether (sulfide) groups is 1. The highest BCUT2D eigenvalue weighted by atomic mass is 32.2. The van der Waals surface area contributed by atoms with Gasteiger partial charge in [-0.1, -0.05) is 0 Å². The summed E-state index contributed by atoms with van der Waals surface area (Å²) in [4.78, 5) is 9.08. The largest absolute Gasteiger partial charge is 0.383 e. The summed E-state index contributed by atoms with van der Waals surface area (Å²) in [6.07, 6.45) is 1.13. The highest BCUT2D eigenvalue weighted by molar-refractivity contribution is 7.98. The van der Waals surface area contributed by atoms with Gasteiger partial charge >= 0.3 is 0 Å². The van der Waals surface area contributed by atoms with E-state index in [2.05, 4.69) is 15.3 Å². The van der Waals surface area contributed by atoms with Crippen LogP contribution in [0.4, 0.5) is 5.82 Å². The van der Waals surface area contributed by atoms with Gasteiger partial charge in [-0.3, -0.25) is 0 Å². The fourth-order valence-electron chi connectivity index (χ4n) is 2.15. The average Bonchev–Trinajstić information content (AvgIpc) is 2.88. The van der Waals surface area contributed by atoms with Crippen LogP contribution >= 0.6 is 11.8 Å². The smallest absolute Gasteiger partial charge is 0.135 e. The third kappa shape index (κ3) is 1.59. The van der Waals surface area contributed by atoms with Gasteiger partial charge < -0.3 is 11.1 Å². The van der Waals surface area contributed by atoms with Gasteiger partial charge in [0.25, 0.3) is 0 Å². The second kappa shape index (κ2) is 3.64. The molecule has 0 aromatic carbocycles. The van der Waals surface area contributed by atoms with E-state index in [1.807, 2.05) is 11.8 Å². The van der Waals surface area contributed by atoms with E-state index in [0.717, 1.165) is 48.1 Å². The number of hydrogen-bond acceptors (Lipinski definition) is 5. The maximum absolute atomic E-state index is 5.96. The minimum Gasteiger partial charge on any atom is -0.383 e. The topological polar surface area (TPSA) is 63.8 Å². The highest BCUT2D eigenvalue weighted by Crippen LogP contribution is 2.33. The van der Waals surface area contributed by atoms with Crippen molar-refractivity contribution in [2.75, 3.05) is 18.8 Å². The molecule has 1 saturated heterocycles. The Morgan fingerprint density at radius 1 is 1.33 bits per heavy atom. The first-order chi connectivity index (χ1) is 7.34. The molecule has 3 rings (SSSR count). The first-order valence-electron chi connectivity index (χ1n) is 5.28. The Balaban J connectivity index is 1.99. The number of fused-ring (bicyclic) bond motifs is 1. The van der Waals surface area contributed by atoms with Crippen molar-refractivity contribution in [3.63, 3.8) is 0 Å². The van der Waals surface area contributed by atoms with Gasteiger partial charge in [-0.25, -0.2) is 9.97 Å². The maximum atomic E-state index is 5.96. The Hall–Kier alpha value is -0.810. The molecule has 0 saturated carbocycles. The molecule has 1 atom stereocenters. The molecule has 1 unspecified atom stereocenters. The summed E-state index contributed by atoms with van der Waals surface area (Å²) >= 11 is 1.87. The summed E-state index contributed by atoms with van der Waals surface area (Å²) in [5, 5.41) is 3.33. The summed E-state index contributed by atoms with van der Waals surface area (Å²) in [5.74, 6) is 4.08. The number of nitrogens with two attached hydrogens (primary N) is 1. The molecule has 0 radical (unpaired) electrons. The molecule has 5 heteroatoms. The van der Waals surface area contributed by atoms with Gasteiger partial charge in [0, 0.05) is 29.5 Å². The van der Waals surface area contributed by atoms with E-state index in [-0.39, 0.29) is 0 Å². The molecule has 2 aliphatic rings. The second-order valence-electron chi connectivity index (χ2n) is 4.07. The van der Waals surface area contributed by atoms with Gasteiger partial charge in [0.2, 0.25) is 0 Å². The Bertz CT molecular complexity index is 387. The number of nitrogens with zero attached hydrogens (tertiary/aromatic N) is 2. The molecule has 2 aliphatic heterocycles. The van der Waals surface area contributed by atoms with Crippen molar-refractivity contribution in [1.82, 2.24) is 15.3 Å². The van der Waals surface area contributed by atoms with Crippen LogP contribution in [0.3, 0.4) is 0 Å². The molecule has 80 valence electrons. The van der Waals surface area contributed by atoms with Crippen LogP contribution in [0.1, 0.15) is 29.4 Å². The van der Waals surface area contributed by atoms with Crippen LogP contribution in [0.15, 0.2) is 0 Å². The van der Waals surface area contributed by atoms with Crippen molar-refractivity contribution in [1.29, 1.82) is 0 Å². The number of rotatable bonds is 1. The van der Waals surface area contributed by atoms with Gasteiger partial charge in [0.05, 0.1) is 5.69 Å². The average molecular weight is 222 g/mol. The zero-order valence-electron chi connectivity index (χ0n) is 8.49. The lowest BCUT2D eigenvalue weighted by atomic mass is 10.1. The predicted molar refractivity (Wildman–Crippen MR) is 61.7 cm³/mol. The molecule has 1 aromatic heterocycles. The highest BCUT2D eigenvalue weighted by Gasteiger charge is 2.24. The number of nitrogens with one attached hydrogen (secondary N) is 1. The second-order valence-corrected chi connectivity index (χ2v) is 5.06. The monoisotopic (exact) mass is 222 g/mol. The van der Waals surface area contributed by atoms with E-state index in [1.165, 1.54) is 0 Å². The van der Waals surface area contributed by atoms with Crippen molar-refractivity contribution in [3.8, 4) is 0 Å². The Morgan fingerprint density at radius 2 is 2.27 bits per heavy atom. The Labute approximate surface area is 93.1 Å². The van der Waals surface area contributed by atoms with Crippen molar-refractivity contribution in [3.05, 3.63) is 17.1 Å². The first kappa shape index (κ1) is 9.42. The van der Waals surface area contributed by atoms with Crippen LogP contribution in [0.2, 0.25) is 0 Å². The zero-order valence-corrected chi connectivity index (χ0v) is 9.31. The molecule has 1 fully saturated rings. The van der Waals surface area contributed by atoms with E-state index in [4.69, 9.17) is 5.73 Å². The zero-order chi connectivity index (χ0) is 10.3. The number of nitrogen functional groups attached to an aromatic ring is 1. The quantitative estimate of drug-likeness (QED) is 0.738. The van der Waals surface area contributed by atoms with Crippen LogP contribution < -0.4 is 11.1 Å². The lowest BCUT2D eigenvalue weighted by molar-refractivity contribution is 0.697. The van der Waals surface area contributed by atoms with Crippen molar-refractivity contribution >= 4 is 17.6 Å². The number of hydrogen-bond donors (Lipinski definition) is 2. The van der Waals surface area contributed by atoms with Gasteiger partial charge in [-0.05, 0) is 13.0 Å². The molecule has 0 amide bonds. The van der Waals surface area contributed by atoms with Crippen LogP contribution in [0.25, 0.3) is 0 Å². The molecular formula is C10H14N4S. The molecule has 0 spiro atoms. The molecule has 0 aliphatic carbocycles. The van der Waals surface area contributed by atoms with E-state index in [0.29, 0.717) is 11.7 Å². The fourth-order valence-corrected chi connectivity index (χ4v) is 3.21. The predicted octanol–water partition coefficient (Wildman–Crippen LogP) is 0.882. The SMILES string of the molecule is Nc1nc(C2CCNC2)nc2c1CSC2. The molecular weight excluding hydrogens is 208 g/mol. The third-order valence-corrected chi connectivity index (χ3v) is 4.02. The lowest BCUT2D eigenvalue weighted by Gasteiger charge is -2.10. The molecule has 4 nitrogen and oxygen atoms in total. The van der Waals surface area contributed by atoms with E-state index in [9.17, 15) is 0 Å². The Morgan fingerprint density at radius 3 is 3.07 bits per heavy atom. The van der Waals surface area contributed by atoms with Crippen molar-refractivity contribution in [2.45, 2.75) is 23.8 Å². The minimum atomic E-state index is 0.461. The van der Waals surface area contributed by atoms with E-state index < -0.39 is 0 Å². The van der Waals surface area contributed by atoms with Crippen molar-refractivity contribution in [2.24, 2.45) is 0 Å². The van der Waals surface area contributed by atoms with Crippen LogP contribution in [-0.2, 0) is 11.5 Å². The molecule has 3 heterocycles. The van der Waals surface area contributed by atoms with E-state index in [1.54, 1.807) is 0 Å². The standard InChI is InChI=1S/C10H14N4S/c11-9-7-4-15-5-8(7)13-10(14-9)6-1-2-12-3-6/h6,12H,1-5H2,(H2,11,13,14). The Kier molecular flexibility index (Phi) is 2.29. The van der Waals surface area contributed by atoms with Gasteiger partial charge in [-0.2, -0.15) is 11.8 Å². The van der Waals surface area contributed by atoms with Crippen LogP contribution in [0, 0.1) is 0 Å². The number of anilines is 1. The van der Waals surface area contributed by atoms with Crippen LogP contribution in [-0.4, -0.2) is 23.1 Å². The van der Waals surface area contributed by atoms with E-state index >= 15 is 0 Å². The summed E-state index contributed by atoms with van der Waals surface area (Å²) in [6.45, 7) is 2.06. The lowest BCUT2D eigenvalue weighted by Crippen LogP contribution is -2.13. The van der Waals surface area contributed by atoms with Gasteiger partial charge in [-0.15, -0.1) is 0 Å². The fraction of sp³-hybridized carbons (Fsp3) is 0.600. The molecule has 3 N–H and O–H groups in total. The van der Waals surface area contributed by atoms with Gasteiger partial charge in [0.1, 0.15) is 11.6 Å². The third-order valence-electron chi connectivity index (χ3n) is 3.05. The summed E-state index contributed by atoms with van der Waals surface area (Å²) in [7, 11) is 0. The summed E-state index contributed by atoms with van der Waals surface area (Å²) in [6, 6.07) is 0. The molecule has 0 bridgehead atoms. The van der Waals surface area contributed by atoms with Gasteiger partial charge in [0.15, 0.2) is 0 Å². The number of aromatic nitrogens is 2. The van der Waals surface area contributed by atoms with Crippen LogP contribution in [0.5, 0.6) is 0 Å². The normalized spacial score (nSPS) is 24.4. The molecule has 1 aromatic rings. The maximum Gasteiger partial charge on any atom is 0.135 e. The summed E-state index contributed by atoms with van der Waals surface area (Å²) < 4.78 is 0. The molecule has 15 heavy (non-hydrogen) atoms. The minimum absolute atomic E-state index is 0.461. The van der Waals surface area contributed by atoms with Crippen molar-refractivity contribution < 1.29 is 0 Å².